The Morgan fingerprint density at radius 1 is 1.41 bits per heavy atom. The Labute approximate surface area is 200 Å². The van der Waals surface area contributed by atoms with Crippen LogP contribution < -0.4 is 10.2 Å². The number of alkyl halides is 1. The lowest BCUT2D eigenvalue weighted by Gasteiger charge is -2.33. The van der Waals surface area contributed by atoms with Gasteiger partial charge in [0, 0.05) is 18.7 Å². The van der Waals surface area contributed by atoms with Gasteiger partial charge in [0.15, 0.2) is 17.2 Å². The van der Waals surface area contributed by atoms with Gasteiger partial charge in [-0.1, -0.05) is 17.7 Å². The minimum absolute atomic E-state index is 0.0771. The molecule has 3 heterocycles. The number of hydrogen-bond acceptors (Lipinski definition) is 8. The van der Waals surface area contributed by atoms with E-state index in [9.17, 15) is 19.6 Å². The topological polar surface area (TPSA) is 124 Å². The van der Waals surface area contributed by atoms with Crippen molar-refractivity contribution in [3.63, 3.8) is 0 Å². The van der Waals surface area contributed by atoms with E-state index < -0.39 is 18.7 Å². The molecule has 0 saturated carbocycles. The number of aromatic nitrogens is 3. The second-order valence-corrected chi connectivity index (χ2v) is 8.41. The van der Waals surface area contributed by atoms with Crippen molar-refractivity contribution in [1.29, 1.82) is 5.26 Å². The van der Waals surface area contributed by atoms with Gasteiger partial charge >= 0.3 is 5.97 Å². The number of aromatic carboxylic acids is 1. The van der Waals surface area contributed by atoms with Gasteiger partial charge in [-0.2, -0.15) is 5.26 Å². The number of carboxylic acid groups (broad SMARTS) is 1. The van der Waals surface area contributed by atoms with Crippen molar-refractivity contribution in [3.8, 4) is 6.07 Å². The monoisotopic (exact) mass is 484 g/mol. The number of fused-ring (bicyclic) bond motifs is 1. The van der Waals surface area contributed by atoms with Crippen LogP contribution in [0.3, 0.4) is 0 Å². The number of ether oxygens (including phenoxy) is 1. The highest BCUT2D eigenvalue weighted by molar-refractivity contribution is 6.29. The smallest absolute Gasteiger partial charge is 0.356 e. The number of nitrogens with zero attached hydrogens (tertiary/aromatic N) is 5. The van der Waals surface area contributed by atoms with Crippen LogP contribution in [0, 0.1) is 18.3 Å². The Morgan fingerprint density at radius 3 is 2.91 bits per heavy atom. The van der Waals surface area contributed by atoms with Crippen molar-refractivity contribution < 1.29 is 19.0 Å². The van der Waals surface area contributed by atoms with Crippen LogP contribution in [0.5, 0.6) is 0 Å². The second kappa shape index (κ2) is 9.75. The molecular formula is C23H22ClFN6O3. The summed E-state index contributed by atoms with van der Waals surface area (Å²) in [7, 11) is 0. The largest absolute Gasteiger partial charge is 0.476 e. The van der Waals surface area contributed by atoms with E-state index in [-0.39, 0.29) is 29.1 Å². The number of hydrogen-bond donors (Lipinski definition) is 2. The molecule has 0 radical (unpaired) electrons. The summed E-state index contributed by atoms with van der Waals surface area (Å²) in [5.41, 5.74) is 3.02. The van der Waals surface area contributed by atoms with Crippen molar-refractivity contribution in [2.75, 3.05) is 36.6 Å². The summed E-state index contributed by atoms with van der Waals surface area (Å²) in [6.07, 6.45) is -0.595. The third kappa shape index (κ3) is 4.71. The van der Waals surface area contributed by atoms with Crippen molar-refractivity contribution in [2.24, 2.45) is 0 Å². The number of halogens is 2. The van der Waals surface area contributed by atoms with Gasteiger partial charge < -0.3 is 20.1 Å². The maximum atomic E-state index is 13.2. The lowest BCUT2D eigenvalue weighted by atomic mass is 10.0. The summed E-state index contributed by atoms with van der Waals surface area (Å²) in [5, 5.41) is 22.5. The molecule has 176 valence electrons. The molecule has 1 unspecified atom stereocenters. The molecule has 0 aliphatic carbocycles. The fourth-order valence-corrected chi connectivity index (χ4v) is 4.13. The molecule has 1 aliphatic heterocycles. The maximum Gasteiger partial charge on any atom is 0.356 e. The molecule has 1 aromatic carbocycles. The van der Waals surface area contributed by atoms with Crippen molar-refractivity contribution >= 4 is 40.1 Å². The molecule has 0 bridgehead atoms. The molecule has 2 aromatic heterocycles. The van der Waals surface area contributed by atoms with Crippen LogP contribution >= 0.6 is 11.6 Å². The van der Waals surface area contributed by atoms with Crippen LogP contribution in [0.25, 0.3) is 11.0 Å². The SMILES string of the molecule is Cc1cc([C@@H](C)Nc2ccc(Cl)nc2C(=O)O)c2nc(N3CCOC(CF)C3)c(C#N)nc2c1. The highest BCUT2D eigenvalue weighted by Gasteiger charge is 2.26. The summed E-state index contributed by atoms with van der Waals surface area (Å²) < 4.78 is 18.6. The van der Waals surface area contributed by atoms with Gasteiger partial charge in [0.2, 0.25) is 0 Å². The predicted octanol–water partition coefficient (Wildman–Crippen LogP) is 3.90. The third-order valence-electron chi connectivity index (χ3n) is 5.54. The molecule has 1 aliphatic rings. The van der Waals surface area contributed by atoms with E-state index in [0.29, 0.717) is 35.7 Å². The van der Waals surface area contributed by atoms with Gasteiger partial charge in [-0.25, -0.2) is 24.1 Å². The number of morpholine rings is 1. The first-order valence-electron chi connectivity index (χ1n) is 10.6. The normalized spacial score (nSPS) is 16.8. The molecule has 2 atom stereocenters. The summed E-state index contributed by atoms with van der Waals surface area (Å²) in [5.74, 6) is -0.838. The molecule has 0 amide bonds. The Bertz CT molecular complexity index is 1300. The first-order chi connectivity index (χ1) is 16.3. The maximum absolute atomic E-state index is 13.2. The Balaban J connectivity index is 1.78. The molecular weight excluding hydrogens is 463 g/mol. The average molecular weight is 485 g/mol. The molecule has 1 saturated heterocycles. The van der Waals surface area contributed by atoms with E-state index in [2.05, 4.69) is 21.4 Å². The number of aryl methyl sites for hydroxylation is 1. The number of nitriles is 1. The van der Waals surface area contributed by atoms with E-state index in [0.717, 1.165) is 11.1 Å². The van der Waals surface area contributed by atoms with Gasteiger partial charge in [0.05, 0.1) is 29.4 Å². The van der Waals surface area contributed by atoms with E-state index in [1.807, 2.05) is 30.9 Å². The van der Waals surface area contributed by atoms with Gasteiger partial charge in [-0.05, 0) is 37.6 Å². The van der Waals surface area contributed by atoms with E-state index >= 15 is 0 Å². The van der Waals surface area contributed by atoms with E-state index in [1.165, 1.54) is 6.07 Å². The van der Waals surface area contributed by atoms with E-state index in [4.69, 9.17) is 21.3 Å². The molecule has 4 rings (SSSR count). The highest BCUT2D eigenvalue weighted by Crippen LogP contribution is 2.31. The minimum atomic E-state index is -1.21. The van der Waals surface area contributed by atoms with Gasteiger partial charge in [-0.15, -0.1) is 0 Å². The number of pyridine rings is 1. The molecule has 1 fully saturated rings. The van der Waals surface area contributed by atoms with Crippen molar-refractivity contribution in [3.05, 3.63) is 51.9 Å². The fraction of sp³-hybridized carbons (Fsp3) is 0.348. The standard InChI is InChI=1S/C23H22ClFN6O3/c1-12-7-15(13(2)27-16-3-4-19(24)29-21(16)23(32)33)20-17(8-12)28-18(10-26)22(30-20)31-5-6-34-14(9-25)11-31/h3-4,7-8,13-14,27H,5-6,9,11H2,1-2H3,(H,32,33)/t13-,14?/m1/s1. The Kier molecular flexibility index (Phi) is 6.77. The fourth-order valence-electron chi connectivity index (χ4n) is 3.98. The first-order valence-corrected chi connectivity index (χ1v) is 11.0. The Morgan fingerprint density at radius 2 is 2.21 bits per heavy atom. The number of nitrogens with one attached hydrogen (secondary N) is 1. The molecule has 9 nitrogen and oxygen atoms in total. The molecule has 2 N–H and O–H groups in total. The summed E-state index contributed by atoms with van der Waals surface area (Å²) in [4.78, 5) is 26.7. The zero-order valence-corrected chi connectivity index (χ0v) is 19.3. The zero-order valence-electron chi connectivity index (χ0n) is 18.5. The van der Waals surface area contributed by atoms with Crippen LogP contribution in [-0.4, -0.2) is 58.5 Å². The summed E-state index contributed by atoms with van der Waals surface area (Å²) in [6.45, 7) is 4.17. The second-order valence-electron chi connectivity index (χ2n) is 8.02. The number of carboxylic acids is 1. The highest BCUT2D eigenvalue weighted by atomic mass is 35.5. The average Bonchev–Trinajstić information content (AvgIpc) is 2.83. The van der Waals surface area contributed by atoms with Crippen LogP contribution in [0.1, 0.15) is 40.3 Å². The van der Waals surface area contributed by atoms with Crippen molar-refractivity contribution in [2.45, 2.75) is 26.0 Å². The zero-order chi connectivity index (χ0) is 24.4. The van der Waals surface area contributed by atoms with Gasteiger partial charge in [0.1, 0.15) is 24.0 Å². The predicted molar refractivity (Wildman–Crippen MR) is 125 cm³/mol. The van der Waals surface area contributed by atoms with E-state index in [1.54, 1.807) is 6.07 Å². The lowest BCUT2D eigenvalue weighted by molar-refractivity contribution is 0.0244. The summed E-state index contributed by atoms with van der Waals surface area (Å²) >= 11 is 5.87. The number of benzene rings is 1. The first kappa shape index (κ1) is 23.6. The molecule has 0 spiro atoms. The quantitative estimate of drug-likeness (QED) is 0.501. The van der Waals surface area contributed by atoms with Gasteiger partial charge in [0.25, 0.3) is 0 Å². The molecule has 3 aromatic rings. The molecule has 34 heavy (non-hydrogen) atoms. The van der Waals surface area contributed by atoms with Crippen LogP contribution in [-0.2, 0) is 4.74 Å². The number of rotatable bonds is 6. The molecule has 11 heteroatoms. The third-order valence-corrected chi connectivity index (χ3v) is 5.75. The summed E-state index contributed by atoms with van der Waals surface area (Å²) in [6, 6.07) is 8.54. The van der Waals surface area contributed by atoms with Crippen LogP contribution in [0.4, 0.5) is 15.9 Å². The van der Waals surface area contributed by atoms with Crippen molar-refractivity contribution in [1.82, 2.24) is 15.0 Å². The van der Waals surface area contributed by atoms with Crippen LogP contribution in [0.2, 0.25) is 5.15 Å². The number of carbonyl (C=O) groups is 1. The minimum Gasteiger partial charge on any atom is -0.476 e. The van der Waals surface area contributed by atoms with Crippen LogP contribution in [0.15, 0.2) is 24.3 Å². The lowest BCUT2D eigenvalue weighted by Crippen LogP contribution is -2.44. The Hall–Kier alpha value is -3.55. The van der Waals surface area contributed by atoms with Gasteiger partial charge in [-0.3, -0.25) is 0 Å². The number of anilines is 2.